The van der Waals surface area contributed by atoms with Gasteiger partial charge in [-0.15, -0.1) is 0 Å². The van der Waals surface area contributed by atoms with Crippen molar-refractivity contribution in [1.82, 2.24) is 0 Å². The van der Waals surface area contributed by atoms with E-state index in [0.29, 0.717) is 5.92 Å². The van der Waals surface area contributed by atoms with E-state index in [-0.39, 0.29) is 6.61 Å². The van der Waals surface area contributed by atoms with Crippen LogP contribution in [0.1, 0.15) is 44.9 Å². The second kappa shape index (κ2) is 3.78. The van der Waals surface area contributed by atoms with Crippen LogP contribution in [0.2, 0.25) is 0 Å². The van der Waals surface area contributed by atoms with Crippen LogP contribution in [0.5, 0.6) is 0 Å². The summed E-state index contributed by atoms with van der Waals surface area (Å²) in [5.41, 5.74) is 0. The van der Waals surface area contributed by atoms with Crippen molar-refractivity contribution in [3.8, 4) is 0 Å². The average Bonchev–Trinajstić information content (AvgIpc) is 2.17. The third-order valence-corrected chi connectivity index (χ3v) is 3.94. The lowest BCUT2D eigenvalue weighted by Gasteiger charge is -2.40. The van der Waals surface area contributed by atoms with Gasteiger partial charge in [0.25, 0.3) is 0 Å². The van der Waals surface area contributed by atoms with E-state index in [1.165, 1.54) is 44.9 Å². The molecule has 2 saturated carbocycles. The highest BCUT2D eigenvalue weighted by Crippen LogP contribution is 2.43. The highest BCUT2D eigenvalue weighted by atomic mass is 16.3. The molecule has 2 rings (SSSR count). The summed E-state index contributed by atoms with van der Waals surface area (Å²) in [4.78, 5) is 0. The first-order valence-electron chi connectivity index (χ1n) is 5.50. The molecule has 0 aliphatic heterocycles. The summed E-state index contributed by atoms with van der Waals surface area (Å²) in [6, 6.07) is 0. The van der Waals surface area contributed by atoms with Gasteiger partial charge in [-0.3, -0.25) is 0 Å². The molecule has 0 heterocycles. The highest BCUT2D eigenvalue weighted by Gasteiger charge is 2.34. The number of hydrogen-bond donors (Lipinski definition) is 0. The zero-order valence-corrected chi connectivity index (χ0v) is 7.80. The Balaban J connectivity index is 1.99. The maximum Gasteiger partial charge on any atom is 0.0853 e. The largest absolute Gasteiger partial charge is 0.236 e. The average molecular weight is 167 g/mol. The first kappa shape index (κ1) is 8.55. The highest BCUT2D eigenvalue weighted by molar-refractivity contribution is 4.84. The number of hydrogen-bond acceptors (Lipinski definition) is 0. The van der Waals surface area contributed by atoms with Crippen LogP contribution in [0.25, 0.3) is 0 Å². The second-order valence-corrected chi connectivity index (χ2v) is 4.57. The van der Waals surface area contributed by atoms with Gasteiger partial charge in [-0.2, -0.15) is 0 Å². The quantitative estimate of drug-likeness (QED) is 0.572. The minimum Gasteiger partial charge on any atom is -0.236 e. The summed E-state index contributed by atoms with van der Waals surface area (Å²) in [7, 11) is 0. The normalized spacial score (nSPS) is 42.2. The van der Waals surface area contributed by atoms with Crippen LogP contribution in [0.3, 0.4) is 0 Å². The van der Waals surface area contributed by atoms with Crippen molar-refractivity contribution in [2.24, 2.45) is 17.8 Å². The maximum absolute atomic E-state index is 10.9. The molecule has 0 amide bonds. The maximum atomic E-state index is 10.9. The van der Waals surface area contributed by atoms with Crippen molar-refractivity contribution in [2.45, 2.75) is 44.9 Å². The Kier molecular flexibility index (Phi) is 2.69. The van der Waals surface area contributed by atoms with E-state index in [2.05, 4.69) is 0 Å². The Hall–Kier alpha value is -0.0400. The molecule has 1 nitrogen and oxygen atoms in total. The molecule has 3 unspecified atom stereocenters. The van der Waals surface area contributed by atoms with Gasteiger partial charge in [0.15, 0.2) is 0 Å². The van der Waals surface area contributed by atoms with Crippen molar-refractivity contribution in [2.75, 3.05) is 6.61 Å². The molecule has 2 aliphatic carbocycles. The SMILES string of the molecule is [O]CC1CCCC2CCCCC12. The summed E-state index contributed by atoms with van der Waals surface area (Å²) in [6.45, 7) is 0.196. The minimum absolute atomic E-state index is 0.196. The molecule has 0 aromatic heterocycles. The molecule has 69 valence electrons. The van der Waals surface area contributed by atoms with Crippen molar-refractivity contribution in [3.05, 3.63) is 0 Å². The standard InChI is InChI=1S/C11H19O/c12-8-10-6-3-5-9-4-1-2-7-11(9)10/h9-11H,1-8H2. The molecule has 2 aliphatic rings. The lowest BCUT2D eigenvalue weighted by Crippen LogP contribution is -2.32. The van der Waals surface area contributed by atoms with Crippen molar-refractivity contribution in [3.63, 3.8) is 0 Å². The van der Waals surface area contributed by atoms with E-state index in [1.54, 1.807) is 0 Å². The van der Waals surface area contributed by atoms with Gasteiger partial charge in [0.1, 0.15) is 0 Å². The summed E-state index contributed by atoms with van der Waals surface area (Å²) in [5, 5.41) is 10.9. The van der Waals surface area contributed by atoms with E-state index in [9.17, 15) is 5.11 Å². The number of rotatable bonds is 1. The van der Waals surface area contributed by atoms with E-state index < -0.39 is 0 Å². The first-order chi connectivity index (χ1) is 5.92. The van der Waals surface area contributed by atoms with Gasteiger partial charge < -0.3 is 0 Å². The Morgan fingerprint density at radius 1 is 0.917 bits per heavy atom. The second-order valence-electron chi connectivity index (χ2n) is 4.57. The van der Waals surface area contributed by atoms with Gasteiger partial charge in [-0.25, -0.2) is 5.11 Å². The Labute approximate surface area is 75.2 Å². The lowest BCUT2D eigenvalue weighted by atomic mass is 9.66. The minimum atomic E-state index is 0.196. The van der Waals surface area contributed by atoms with Crippen LogP contribution in [-0.4, -0.2) is 6.61 Å². The van der Waals surface area contributed by atoms with Crippen LogP contribution in [0, 0.1) is 17.8 Å². The molecular formula is C11H19O. The van der Waals surface area contributed by atoms with Crippen LogP contribution in [-0.2, 0) is 5.11 Å². The molecule has 0 aromatic rings. The van der Waals surface area contributed by atoms with E-state index in [1.807, 2.05) is 0 Å². The predicted molar refractivity (Wildman–Crippen MR) is 48.3 cm³/mol. The molecule has 1 radical (unpaired) electrons. The fourth-order valence-electron chi connectivity index (χ4n) is 3.28. The molecule has 0 spiro atoms. The van der Waals surface area contributed by atoms with Crippen molar-refractivity contribution >= 4 is 0 Å². The lowest BCUT2D eigenvalue weighted by molar-refractivity contribution is 0.0334. The van der Waals surface area contributed by atoms with Crippen molar-refractivity contribution in [1.29, 1.82) is 0 Å². The molecular weight excluding hydrogens is 148 g/mol. The van der Waals surface area contributed by atoms with Crippen LogP contribution in [0.15, 0.2) is 0 Å². The van der Waals surface area contributed by atoms with Crippen LogP contribution in [0.4, 0.5) is 0 Å². The number of fused-ring (bicyclic) bond motifs is 1. The van der Waals surface area contributed by atoms with E-state index in [4.69, 9.17) is 0 Å². The topological polar surface area (TPSA) is 19.9 Å². The molecule has 1 heteroatoms. The van der Waals surface area contributed by atoms with Gasteiger partial charge in [-0.05, 0) is 30.6 Å². The van der Waals surface area contributed by atoms with Gasteiger partial charge in [0, 0.05) is 0 Å². The first-order valence-corrected chi connectivity index (χ1v) is 5.50. The fraction of sp³-hybridized carbons (Fsp3) is 1.00. The van der Waals surface area contributed by atoms with Crippen molar-refractivity contribution < 1.29 is 5.11 Å². The van der Waals surface area contributed by atoms with Gasteiger partial charge >= 0.3 is 0 Å². The predicted octanol–water partition coefficient (Wildman–Crippen LogP) is 3.02. The van der Waals surface area contributed by atoms with Crippen LogP contribution >= 0.6 is 0 Å². The summed E-state index contributed by atoms with van der Waals surface area (Å²) < 4.78 is 0. The van der Waals surface area contributed by atoms with E-state index >= 15 is 0 Å². The summed E-state index contributed by atoms with van der Waals surface area (Å²) >= 11 is 0. The molecule has 0 bridgehead atoms. The zero-order chi connectivity index (χ0) is 8.39. The fourth-order valence-corrected chi connectivity index (χ4v) is 3.28. The summed E-state index contributed by atoms with van der Waals surface area (Å²) in [6.07, 6.45) is 9.56. The third-order valence-electron chi connectivity index (χ3n) is 3.94. The Morgan fingerprint density at radius 2 is 1.67 bits per heavy atom. The zero-order valence-electron chi connectivity index (χ0n) is 7.80. The molecule has 0 aromatic carbocycles. The van der Waals surface area contributed by atoms with Gasteiger partial charge in [0.2, 0.25) is 0 Å². The molecule has 3 atom stereocenters. The molecule has 2 fully saturated rings. The smallest absolute Gasteiger partial charge is 0.0853 e. The van der Waals surface area contributed by atoms with Crippen LogP contribution < -0.4 is 0 Å². The van der Waals surface area contributed by atoms with Gasteiger partial charge in [-0.1, -0.05) is 32.1 Å². The monoisotopic (exact) mass is 167 g/mol. The summed E-state index contributed by atoms with van der Waals surface area (Å²) in [5.74, 6) is 2.31. The Morgan fingerprint density at radius 3 is 2.50 bits per heavy atom. The Bertz CT molecular complexity index is 135. The molecule has 0 saturated heterocycles. The molecule has 12 heavy (non-hydrogen) atoms. The third kappa shape index (κ3) is 1.52. The molecule has 0 N–H and O–H groups in total. The van der Waals surface area contributed by atoms with E-state index in [0.717, 1.165) is 11.8 Å². The van der Waals surface area contributed by atoms with Gasteiger partial charge in [0.05, 0.1) is 6.61 Å².